The number of rotatable bonds is 6. The Bertz CT molecular complexity index is 458. The summed E-state index contributed by atoms with van der Waals surface area (Å²) in [5.41, 5.74) is 6.34. The molecule has 1 aliphatic carbocycles. The Labute approximate surface area is 126 Å². The van der Waals surface area contributed by atoms with Gasteiger partial charge in [-0.1, -0.05) is 30.7 Å². The summed E-state index contributed by atoms with van der Waals surface area (Å²) >= 11 is 2.02. The van der Waals surface area contributed by atoms with Crippen molar-refractivity contribution in [3.8, 4) is 17.6 Å². The molecule has 2 rings (SSSR count). The van der Waals surface area contributed by atoms with Crippen LogP contribution in [0.1, 0.15) is 31.2 Å². The fourth-order valence-electron chi connectivity index (χ4n) is 2.46. The minimum atomic E-state index is 0.392. The number of nitrogens with two attached hydrogens (primary N) is 1. The largest absolute Gasteiger partial charge is 0.493 e. The van der Waals surface area contributed by atoms with Crippen LogP contribution in [0.15, 0.2) is 24.3 Å². The zero-order valence-electron chi connectivity index (χ0n) is 11.9. The average Bonchev–Trinajstić information content (AvgIpc) is 2.98. The van der Waals surface area contributed by atoms with Crippen molar-refractivity contribution in [2.45, 2.75) is 25.7 Å². The zero-order chi connectivity index (χ0) is 14.0. The summed E-state index contributed by atoms with van der Waals surface area (Å²) in [6.07, 6.45) is 5.71. The van der Waals surface area contributed by atoms with E-state index in [1.165, 1.54) is 31.4 Å². The third-order valence-electron chi connectivity index (χ3n) is 3.49. The van der Waals surface area contributed by atoms with Gasteiger partial charge in [-0.15, -0.1) is 0 Å². The first-order valence-corrected chi connectivity index (χ1v) is 8.53. The Hall–Kier alpha value is -1.11. The van der Waals surface area contributed by atoms with Crippen LogP contribution >= 0.6 is 11.8 Å². The van der Waals surface area contributed by atoms with Gasteiger partial charge in [0.05, 0.1) is 13.2 Å². The highest BCUT2D eigenvalue weighted by Gasteiger charge is 2.14. The second-order valence-electron chi connectivity index (χ2n) is 5.11. The van der Waals surface area contributed by atoms with Crippen LogP contribution in [0.2, 0.25) is 0 Å². The monoisotopic (exact) mass is 289 g/mol. The molecule has 0 bridgehead atoms. The molecule has 1 fully saturated rings. The molecule has 0 aliphatic heterocycles. The first-order chi connectivity index (χ1) is 9.88. The maximum Gasteiger partial charge on any atom is 0.120 e. The molecule has 0 atom stereocenters. The van der Waals surface area contributed by atoms with E-state index in [0.717, 1.165) is 29.6 Å². The van der Waals surface area contributed by atoms with Crippen molar-refractivity contribution < 1.29 is 4.74 Å². The van der Waals surface area contributed by atoms with Gasteiger partial charge in [0.1, 0.15) is 5.75 Å². The lowest BCUT2D eigenvalue weighted by Gasteiger charge is -2.09. The van der Waals surface area contributed by atoms with Gasteiger partial charge >= 0.3 is 0 Å². The van der Waals surface area contributed by atoms with Crippen molar-refractivity contribution in [3.63, 3.8) is 0 Å². The van der Waals surface area contributed by atoms with E-state index in [1.54, 1.807) is 0 Å². The van der Waals surface area contributed by atoms with Crippen LogP contribution in [-0.4, -0.2) is 24.7 Å². The maximum atomic E-state index is 5.77. The molecule has 0 aromatic heterocycles. The first kappa shape index (κ1) is 15.3. The topological polar surface area (TPSA) is 35.2 Å². The van der Waals surface area contributed by atoms with Crippen LogP contribution in [-0.2, 0) is 0 Å². The number of ether oxygens (including phenoxy) is 1. The van der Waals surface area contributed by atoms with Gasteiger partial charge in [-0.25, -0.2) is 0 Å². The Balaban J connectivity index is 1.65. The maximum absolute atomic E-state index is 5.77. The Kier molecular flexibility index (Phi) is 6.83. The minimum absolute atomic E-state index is 0.392. The van der Waals surface area contributed by atoms with Crippen LogP contribution in [0, 0.1) is 17.8 Å². The average molecular weight is 289 g/mol. The quantitative estimate of drug-likeness (QED) is 0.644. The molecule has 2 N–H and O–H groups in total. The van der Waals surface area contributed by atoms with E-state index >= 15 is 0 Å². The third kappa shape index (κ3) is 5.48. The second-order valence-corrected chi connectivity index (χ2v) is 6.26. The Morgan fingerprint density at radius 2 is 2.15 bits per heavy atom. The van der Waals surface area contributed by atoms with Crippen molar-refractivity contribution in [2.24, 2.45) is 11.7 Å². The molecule has 1 aromatic rings. The molecular formula is C17H23NOS. The summed E-state index contributed by atoms with van der Waals surface area (Å²) in [5, 5.41) is 0. The fourth-order valence-corrected chi connectivity index (χ4v) is 3.50. The van der Waals surface area contributed by atoms with Crippen molar-refractivity contribution >= 4 is 11.8 Å². The van der Waals surface area contributed by atoms with E-state index in [9.17, 15) is 0 Å². The van der Waals surface area contributed by atoms with E-state index in [4.69, 9.17) is 10.5 Å². The molecule has 0 heterocycles. The molecule has 1 aromatic carbocycles. The normalized spacial score (nSPS) is 14.8. The smallest absolute Gasteiger partial charge is 0.120 e. The van der Waals surface area contributed by atoms with Crippen LogP contribution in [0.4, 0.5) is 0 Å². The number of hydrogen-bond acceptors (Lipinski definition) is 3. The molecule has 3 heteroatoms. The van der Waals surface area contributed by atoms with Crippen LogP contribution in [0.5, 0.6) is 5.75 Å². The molecular weight excluding hydrogens is 266 g/mol. The summed E-state index contributed by atoms with van der Waals surface area (Å²) in [6, 6.07) is 7.91. The van der Waals surface area contributed by atoms with Gasteiger partial charge in [-0.05, 0) is 42.7 Å². The van der Waals surface area contributed by atoms with Crippen molar-refractivity contribution in [1.82, 2.24) is 0 Å². The summed E-state index contributed by atoms with van der Waals surface area (Å²) in [7, 11) is 0. The van der Waals surface area contributed by atoms with E-state index in [2.05, 4.69) is 11.8 Å². The SMILES string of the molecule is NCC#Cc1cccc(OCCSCC2CCCC2)c1. The fraction of sp³-hybridized carbons (Fsp3) is 0.529. The summed E-state index contributed by atoms with van der Waals surface area (Å²) in [6.45, 7) is 1.16. The minimum Gasteiger partial charge on any atom is -0.493 e. The molecule has 0 saturated heterocycles. The molecule has 1 saturated carbocycles. The molecule has 2 nitrogen and oxygen atoms in total. The van der Waals surface area contributed by atoms with E-state index in [0.29, 0.717) is 6.54 Å². The predicted octanol–water partition coefficient (Wildman–Crippen LogP) is 3.30. The van der Waals surface area contributed by atoms with Crippen LogP contribution in [0.3, 0.4) is 0 Å². The lowest BCUT2D eigenvalue weighted by atomic mass is 10.1. The number of hydrogen-bond donors (Lipinski definition) is 1. The van der Waals surface area contributed by atoms with Crippen LogP contribution in [0.25, 0.3) is 0 Å². The highest BCUT2D eigenvalue weighted by Crippen LogP contribution is 2.27. The first-order valence-electron chi connectivity index (χ1n) is 7.38. The van der Waals surface area contributed by atoms with Crippen LogP contribution < -0.4 is 10.5 Å². The van der Waals surface area contributed by atoms with Gasteiger partial charge in [0, 0.05) is 11.3 Å². The highest BCUT2D eigenvalue weighted by atomic mass is 32.2. The predicted molar refractivity (Wildman–Crippen MR) is 87.2 cm³/mol. The van der Waals surface area contributed by atoms with Crippen molar-refractivity contribution in [2.75, 3.05) is 24.7 Å². The Morgan fingerprint density at radius 1 is 1.30 bits per heavy atom. The van der Waals surface area contributed by atoms with E-state index in [-0.39, 0.29) is 0 Å². The molecule has 0 unspecified atom stereocenters. The standard InChI is InChI=1S/C17H23NOS/c18-10-4-8-15-7-3-9-17(13-15)19-11-12-20-14-16-5-1-2-6-16/h3,7,9,13,16H,1-2,5-6,10-12,14,18H2. The lowest BCUT2D eigenvalue weighted by molar-refractivity contribution is 0.344. The lowest BCUT2D eigenvalue weighted by Crippen LogP contribution is -2.04. The van der Waals surface area contributed by atoms with Gasteiger partial charge in [0.15, 0.2) is 0 Å². The molecule has 108 valence electrons. The summed E-state index contributed by atoms with van der Waals surface area (Å²) in [4.78, 5) is 0. The van der Waals surface area contributed by atoms with Gasteiger partial charge < -0.3 is 10.5 Å². The van der Waals surface area contributed by atoms with E-state index in [1.807, 2.05) is 36.0 Å². The number of thioether (sulfide) groups is 1. The van der Waals surface area contributed by atoms with E-state index < -0.39 is 0 Å². The molecule has 20 heavy (non-hydrogen) atoms. The van der Waals surface area contributed by atoms with Gasteiger partial charge in [-0.3, -0.25) is 0 Å². The van der Waals surface area contributed by atoms with Crippen molar-refractivity contribution in [1.29, 1.82) is 0 Å². The zero-order valence-corrected chi connectivity index (χ0v) is 12.8. The highest BCUT2D eigenvalue weighted by molar-refractivity contribution is 7.99. The number of benzene rings is 1. The second kappa shape index (κ2) is 8.94. The van der Waals surface area contributed by atoms with Gasteiger partial charge in [-0.2, -0.15) is 11.8 Å². The summed E-state index contributed by atoms with van der Waals surface area (Å²) in [5.74, 6) is 10.1. The van der Waals surface area contributed by atoms with Crippen molar-refractivity contribution in [3.05, 3.63) is 29.8 Å². The molecule has 0 spiro atoms. The van der Waals surface area contributed by atoms with Gasteiger partial charge in [0.2, 0.25) is 0 Å². The van der Waals surface area contributed by atoms with Gasteiger partial charge in [0.25, 0.3) is 0 Å². The molecule has 1 aliphatic rings. The molecule has 0 amide bonds. The third-order valence-corrected chi connectivity index (χ3v) is 4.66. The summed E-state index contributed by atoms with van der Waals surface area (Å²) < 4.78 is 5.77. The Morgan fingerprint density at radius 3 is 2.95 bits per heavy atom. The molecule has 0 radical (unpaired) electrons.